The minimum absolute atomic E-state index is 0.129. The van der Waals surface area contributed by atoms with Crippen LogP contribution in [-0.4, -0.2) is 54.5 Å². The molecule has 1 saturated heterocycles. The fourth-order valence-electron chi connectivity index (χ4n) is 3.42. The molecule has 1 N–H and O–H groups in total. The summed E-state index contributed by atoms with van der Waals surface area (Å²) in [6.45, 7) is 8.37. The highest BCUT2D eigenvalue weighted by atomic mass is 19.1. The molecule has 0 bridgehead atoms. The first kappa shape index (κ1) is 21.2. The highest BCUT2D eigenvalue weighted by Gasteiger charge is 2.26. The lowest BCUT2D eigenvalue weighted by atomic mass is 10.1. The summed E-state index contributed by atoms with van der Waals surface area (Å²) in [5.74, 6) is -0.700. The Labute approximate surface area is 170 Å². The largest absolute Gasteiger partial charge is 0.494 e. The normalized spacial score (nSPS) is 16.4. The van der Waals surface area contributed by atoms with Gasteiger partial charge in [0.15, 0.2) is 0 Å². The van der Waals surface area contributed by atoms with Crippen molar-refractivity contribution in [3.63, 3.8) is 0 Å². The zero-order valence-corrected chi connectivity index (χ0v) is 16.8. The van der Waals surface area contributed by atoms with E-state index in [9.17, 15) is 13.6 Å². The third-order valence-electron chi connectivity index (χ3n) is 5.16. The number of hydrogen-bond acceptors (Lipinski definition) is 4. The first-order valence-electron chi connectivity index (χ1n) is 9.90. The standard InChI is InChI=1S/C22H27F2N3O2/c1-3-29-19-7-4-17(5-8-19)15-26-10-12-27(13-11-26)16(2)22(28)25-21-14-18(23)6-9-20(21)24/h4-9,14,16H,3,10-13,15H2,1-2H3,(H,25,28). The molecule has 2 aromatic carbocycles. The summed E-state index contributed by atoms with van der Waals surface area (Å²) < 4.78 is 32.5. The van der Waals surface area contributed by atoms with E-state index in [2.05, 4.69) is 27.2 Å². The van der Waals surface area contributed by atoms with Gasteiger partial charge in [0.1, 0.15) is 17.4 Å². The van der Waals surface area contributed by atoms with E-state index in [1.54, 1.807) is 6.92 Å². The van der Waals surface area contributed by atoms with Gasteiger partial charge >= 0.3 is 0 Å². The number of carbonyl (C=O) groups is 1. The van der Waals surface area contributed by atoms with Crippen LogP contribution in [0.1, 0.15) is 19.4 Å². The number of benzene rings is 2. The van der Waals surface area contributed by atoms with Crippen LogP contribution in [0.4, 0.5) is 14.5 Å². The van der Waals surface area contributed by atoms with Crippen molar-refractivity contribution in [2.24, 2.45) is 0 Å². The third kappa shape index (κ3) is 5.74. The van der Waals surface area contributed by atoms with Crippen molar-refractivity contribution in [2.45, 2.75) is 26.4 Å². The van der Waals surface area contributed by atoms with Crippen LogP contribution in [-0.2, 0) is 11.3 Å². The van der Waals surface area contributed by atoms with Crippen molar-refractivity contribution in [1.82, 2.24) is 9.80 Å². The van der Waals surface area contributed by atoms with E-state index in [-0.39, 0.29) is 11.6 Å². The van der Waals surface area contributed by atoms with Crippen LogP contribution in [0.3, 0.4) is 0 Å². The quantitative estimate of drug-likeness (QED) is 0.769. The minimum atomic E-state index is -0.646. The zero-order valence-electron chi connectivity index (χ0n) is 16.8. The van der Waals surface area contributed by atoms with Crippen LogP contribution in [0, 0.1) is 11.6 Å². The maximum atomic E-state index is 13.8. The molecule has 7 heteroatoms. The molecule has 0 saturated carbocycles. The molecule has 3 rings (SSSR count). The van der Waals surface area contributed by atoms with E-state index in [1.807, 2.05) is 19.1 Å². The summed E-state index contributed by atoms with van der Waals surface area (Å²) in [7, 11) is 0. The molecular formula is C22H27F2N3O2. The number of carbonyl (C=O) groups excluding carboxylic acids is 1. The Kier molecular flexibility index (Phi) is 7.17. The van der Waals surface area contributed by atoms with Gasteiger partial charge in [0.2, 0.25) is 5.91 Å². The average molecular weight is 403 g/mol. The maximum Gasteiger partial charge on any atom is 0.241 e. The minimum Gasteiger partial charge on any atom is -0.494 e. The van der Waals surface area contributed by atoms with Crippen molar-refractivity contribution >= 4 is 11.6 Å². The van der Waals surface area contributed by atoms with E-state index in [0.29, 0.717) is 6.61 Å². The van der Waals surface area contributed by atoms with Gasteiger partial charge in [-0.05, 0) is 43.7 Å². The Morgan fingerprint density at radius 1 is 1.10 bits per heavy atom. The number of piperazine rings is 1. The Balaban J connectivity index is 1.49. The molecule has 29 heavy (non-hydrogen) atoms. The van der Waals surface area contributed by atoms with Crippen LogP contribution in [0.15, 0.2) is 42.5 Å². The smallest absolute Gasteiger partial charge is 0.241 e. The Bertz CT molecular complexity index is 821. The predicted octanol–water partition coefficient (Wildman–Crippen LogP) is 3.51. The number of amides is 1. The van der Waals surface area contributed by atoms with E-state index in [0.717, 1.165) is 56.7 Å². The summed E-state index contributed by atoms with van der Waals surface area (Å²) in [6.07, 6.45) is 0. The van der Waals surface area contributed by atoms with E-state index < -0.39 is 17.7 Å². The number of ether oxygens (including phenoxy) is 1. The second kappa shape index (κ2) is 9.80. The molecule has 1 aliphatic rings. The first-order chi connectivity index (χ1) is 14.0. The zero-order chi connectivity index (χ0) is 20.8. The molecule has 1 aliphatic heterocycles. The Hall–Kier alpha value is -2.51. The molecule has 156 valence electrons. The summed E-state index contributed by atoms with van der Waals surface area (Å²) in [5, 5.41) is 2.49. The van der Waals surface area contributed by atoms with Gasteiger partial charge in [0.05, 0.1) is 18.3 Å². The SMILES string of the molecule is CCOc1ccc(CN2CCN(C(C)C(=O)Nc3cc(F)ccc3F)CC2)cc1. The molecule has 1 heterocycles. The molecule has 1 fully saturated rings. The lowest BCUT2D eigenvalue weighted by Crippen LogP contribution is -2.52. The summed E-state index contributed by atoms with van der Waals surface area (Å²) >= 11 is 0. The maximum absolute atomic E-state index is 13.8. The van der Waals surface area contributed by atoms with Gasteiger partial charge in [0.25, 0.3) is 0 Å². The lowest BCUT2D eigenvalue weighted by molar-refractivity contribution is -0.121. The molecule has 2 aromatic rings. The van der Waals surface area contributed by atoms with Gasteiger partial charge in [-0.3, -0.25) is 14.6 Å². The molecule has 1 amide bonds. The predicted molar refractivity (Wildman–Crippen MR) is 109 cm³/mol. The summed E-state index contributed by atoms with van der Waals surface area (Å²) in [4.78, 5) is 16.9. The number of rotatable bonds is 7. The Morgan fingerprint density at radius 2 is 1.79 bits per heavy atom. The molecule has 0 aromatic heterocycles. The van der Waals surface area contributed by atoms with E-state index >= 15 is 0 Å². The van der Waals surface area contributed by atoms with Crippen LogP contribution in [0.25, 0.3) is 0 Å². The van der Waals surface area contributed by atoms with Gasteiger partial charge in [-0.2, -0.15) is 0 Å². The van der Waals surface area contributed by atoms with Gasteiger partial charge < -0.3 is 10.1 Å². The molecular weight excluding hydrogens is 376 g/mol. The molecule has 0 spiro atoms. The monoisotopic (exact) mass is 403 g/mol. The second-order valence-corrected chi connectivity index (χ2v) is 7.18. The van der Waals surface area contributed by atoms with Crippen LogP contribution < -0.4 is 10.1 Å². The van der Waals surface area contributed by atoms with Crippen molar-refractivity contribution < 1.29 is 18.3 Å². The van der Waals surface area contributed by atoms with Gasteiger partial charge in [-0.25, -0.2) is 8.78 Å². The number of anilines is 1. The molecule has 0 radical (unpaired) electrons. The van der Waals surface area contributed by atoms with Gasteiger partial charge in [-0.15, -0.1) is 0 Å². The molecule has 1 atom stereocenters. The van der Waals surface area contributed by atoms with E-state index in [4.69, 9.17) is 4.74 Å². The highest BCUT2D eigenvalue weighted by molar-refractivity contribution is 5.94. The van der Waals surface area contributed by atoms with Crippen LogP contribution in [0.2, 0.25) is 0 Å². The van der Waals surface area contributed by atoms with Crippen molar-refractivity contribution in [3.05, 3.63) is 59.7 Å². The lowest BCUT2D eigenvalue weighted by Gasteiger charge is -2.37. The first-order valence-corrected chi connectivity index (χ1v) is 9.90. The van der Waals surface area contributed by atoms with Crippen LogP contribution >= 0.6 is 0 Å². The third-order valence-corrected chi connectivity index (χ3v) is 5.16. The fraction of sp³-hybridized carbons (Fsp3) is 0.409. The second-order valence-electron chi connectivity index (χ2n) is 7.18. The molecule has 1 unspecified atom stereocenters. The number of hydrogen-bond donors (Lipinski definition) is 1. The summed E-state index contributed by atoms with van der Waals surface area (Å²) in [6, 6.07) is 10.7. The topological polar surface area (TPSA) is 44.8 Å². The number of nitrogens with one attached hydrogen (secondary N) is 1. The Morgan fingerprint density at radius 3 is 2.45 bits per heavy atom. The number of halogens is 2. The highest BCUT2D eigenvalue weighted by Crippen LogP contribution is 2.18. The van der Waals surface area contributed by atoms with Crippen molar-refractivity contribution in [3.8, 4) is 5.75 Å². The van der Waals surface area contributed by atoms with E-state index in [1.165, 1.54) is 5.56 Å². The van der Waals surface area contributed by atoms with Crippen molar-refractivity contribution in [1.29, 1.82) is 0 Å². The van der Waals surface area contributed by atoms with Gasteiger partial charge in [0, 0.05) is 38.8 Å². The van der Waals surface area contributed by atoms with Crippen LogP contribution in [0.5, 0.6) is 5.75 Å². The average Bonchev–Trinajstić information content (AvgIpc) is 2.72. The number of nitrogens with zero attached hydrogens (tertiary/aromatic N) is 2. The fourth-order valence-corrected chi connectivity index (χ4v) is 3.42. The molecule has 0 aliphatic carbocycles. The molecule has 5 nitrogen and oxygen atoms in total. The van der Waals surface area contributed by atoms with Crippen molar-refractivity contribution in [2.75, 3.05) is 38.1 Å². The van der Waals surface area contributed by atoms with Gasteiger partial charge in [-0.1, -0.05) is 12.1 Å². The summed E-state index contributed by atoms with van der Waals surface area (Å²) in [5.41, 5.74) is 1.09.